The van der Waals surface area contributed by atoms with E-state index in [-0.39, 0.29) is 68.7 Å². The summed E-state index contributed by atoms with van der Waals surface area (Å²) in [5.74, 6) is -7.93. The Morgan fingerprint density at radius 2 is 1.68 bits per heavy atom. The molecule has 1 saturated carbocycles. The zero-order chi connectivity index (χ0) is 46.6. The second-order valence-corrected chi connectivity index (χ2v) is 18.8. The van der Waals surface area contributed by atoms with E-state index >= 15 is 0 Å². The minimum atomic E-state index is -2.52. The lowest BCUT2D eigenvalue weighted by molar-refractivity contribution is -0.302. The molecule has 356 valence electrons. The van der Waals surface area contributed by atoms with Gasteiger partial charge in [0.05, 0.1) is 31.0 Å². The molecule has 3 aliphatic heterocycles. The number of carbonyl (C=O) groups is 5. The third-order valence-electron chi connectivity index (χ3n) is 14.0. The average Bonchev–Trinajstić information content (AvgIpc) is 3.26. The van der Waals surface area contributed by atoms with Crippen LogP contribution in [0.1, 0.15) is 126 Å². The number of ether oxygens (including phenoxy) is 6. The zero-order valence-electron chi connectivity index (χ0n) is 39.4. The van der Waals surface area contributed by atoms with Crippen molar-refractivity contribution >= 4 is 29.4 Å². The van der Waals surface area contributed by atoms with Gasteiger partial charge in [0.15, 0.2) is 0 Å². The lowest BCUT2D eigenvalue weighted by Gasteiger charge is -2.47. The molecular formula is C49H77NO13. The third kappa shape index (κ3) is 13.4. The lowest BCUT2D eigenvalue weighted by Crippen LogP contribution is -2.64. The van der Waals surface area contributed by atoms with Gasteiger partial charge in [0, 0.05) is 44.9 Å². The van der Waals surface area contributed by atoms with Crippen molar-refractivity contribution < 1.29 is 62.6 Å². The quantitative estimate of drug-likeness (QED) is 0.135. The highest BCUT2D eigenvalue weighted by Gasteiger charge is 2.56. The molecule has 3 fully saturated rings. The number of ketones is 2. The molecule has 1 aliphatic carbocycles. The number of aliphatic hydroxyl groups is 2. The summed E-state index contributed by atoms with van der Waals surface area (Å²) in [4.78, 5) is 70.4. The number of hydrogen-bond donors (Lipinski definition) is 2. The molecule has 4 aliphatic rings. The standard InChI is InChI=1S/C49H77NO13/c1-11-16-36-22-29(4)21-30(5)23-41(58-9)45-42(59-10)25-32(7)49(57,63-45)46(54)47(55)50-20-15-14-17-37(50)48(56)62-44(33(8)38(51)27-39(36)52)31(6)24-34-18-19-40(35(12-2)26-34)61-28-43(53)60-13-3/h11,22,24,30,32-38,40-42,44-45,51,57H,1,12-21,23,25-28H2,2-10H3/b29-22+,31-24+/t30-,32+,33+,34-,35?,36+,37-,38-,40+,41-,42-,44-,45+,49+/m0/s1. The Hall–Kier alpha value is -3.27. The van der Waals surface area contributed by atoms with Crippen LogP contribution < -0.4 is 0 Å². The van der Waals surface area contributed by atoms with Gasteiger partial charge in [-0.2, -0.15) is 0 Å². The Morgan fingerprint density at radius 3 is 2.33 bits per heavy atom. The summed E-state index contributed by atoms with van der Waals surface area (Å²) >= 11 is 0. The first kappa shape index (κ1) is 52.4. The van der Waals surface area contributed by atoms with E-state index in [9.17, 15) is 34.2 Å². The predicted molar refractivity (Wildman–Crippen MR) is 236 cm³/mol. The summed E-state index contributed by atoms with van der Waals surface area (Å²) in [6.07, 6.45) is 7.12. The van der Waals surface area contributed by atoms with Gasteiger partial charge >= 0.3 is 11.9 Å². The number of nitrogens with zero attached hydrogens (tertiary/aromatic N) is 1. The number of cyclic esters (lactones) is 1. The predicted octanol–water partition coefficient (Wildman–Crippen LogP) is 6.24. The average molecular weight is 888 g/mol. The van der Waals surface area contributed by atoms with Gasteiger partial charge in [-0.15, -0.1) is 6.58 Å². The number of carbonyl (C=O) groups excluding carboxylic acids is 5. The first-order valence-electron chi connectivity index (χ1n) is 23.4. The summed E-state index contributed by atoms with van der Waals surface area (Å²) < 4.78 is 35.5. The Balaban J connectivity index is 1.73. The van der Waals surface area contributed by atoms with Crippen molar-refractivity contribution in [2.75, 3.05) is 34.0 Å². The molecule has 2 saturated heterocycles. The van der Waals surface area contributed by atoms with Crippen LogP contribution in [-0.2, 0) is 52.4 Å². The van der Waals surface area contributed by atoms with Gasteiger partial charge in [-0.25, -0.2) is 9.59 Å². The summed E-state index contributed by atoms with van der Waals surface area (Å²) in [5, 5.41) is 23.9. The number of hydrogen-bond acceptors (Lipinski definition) is 13. The van der Waals surface area contributed by atoms with Crippen molar-refractivity contribution in [2.45, 2.75) is 174 Å². The van der Waals surface area contributed by atoms with Gasteiger partial charge in [-0.05, 0) is 108 Å². The number of allylic oxidation sites excluding steroid dienone is 4. The maximum Gasteiger partial charge on any atom is 0.332 e. The van der Waals surface area contributed by atoms with E-state index in [2.05, 4.69) is 19.6 Å². The molecule has 4 rings (SSSR count). The molecule has 14 heteroatoms. The molecule has 0 aromatic heterocycles. The van der Waals surface area contributed by atoms with Crippen molar-refractivity contribution in [3.63, 3.8) is 0 Å². The molecule has 2 N–H and O–H groups in total. The van der Waals surface area contributed by atoms with E-state index in [1.165, 1.54) is 19.1 Å². The van der Waals surface area contributed by atoms with Crippen molar-refractivity contribution in [1.29, 1.82) is 0 Å². The fourth-order valence-corrected chi connectivity index (χ4v) is 10.3. The number of aliphatic hydroxyl groups excluding tert-OH is 1. The van der Waals surface area contributed by atoms with Crippen LogP contribution in [0.4, 0.5) is 0 Å². The highest BCUT2D eigenvalue weighted by Crippen LogP contribution is 2.40. The van der Waals surface area contributed by atoms with Crippen molar-refractivity contribution in [3.8, 4) is 0 Å². The van der Waals surface area contributed by atoms with Crippen LogP contribution in [0.3, 0.4) is 0 Å². The van der Waals surface area contributed by atoms with Crippen molar-refractivity contribution in [3.05, 3.63) is 36.0 Å². The normalized spacial score (nSPS) is 38.1. The number of piperidine rings is 1. The second-order valence-electron chi connectivity index (χ2n) is 18.8. The molecule has 14 nitrogen and oxygen atoms in total. The molecule has 63 heavy (non-hydrogen) atoms. The summed E-state index contributed by atoms with van der Waals surface area (Å²) in [6, 6.07) is -1.15. The third-order valence-corrected chi connectivity index (χ3v) is 14.0. The van der Waals surface area contributed by atoms with Gasteiger partial charge in [-0.3, -0.25) is 14.4 Å². The molecule has 0 spiro atoms. The fourth-order valence-electron chi connectivity index (χ4n) is 10.3. The first-order valence-corrected chi connectivity index (χ1v) is 23.4. The molecule has 3 heterocycles. The Labute approximate surface area is 375 Å². The number of methoxy groups -OCH3 is 2. The maximum atomic E-state index is 14.5. The minimum absolute atomic E-state index is 0.00357. The van der Waals surface area contributed by atoms with E-state index in [4.69, 9.17) is 28.4 Å². The molecule has 1 amide bonds. The van der Waals surface area contributed by atoms with E-state index in [0.29, 0.717) is 44.1 Å². The molecule has 1 unspecified atom stereocenters. The lowest BCUT2D eigenvalue weighted by atomic mass is 9.76. The molecule has 14 atom stereocenters. The first-order chi connectivity index (χ1) is 29.9. The Morgan fingerprint density at radius 1 is 0.984 bits per heavy atom. The van der Waals surface area contributed by atoms with Crippen LogP contribution in [0.25, 0.3) is 0 Å². The molecule has 2 bridgehead atoms. The maximum absolute atomic E-state index is 14.5. The van der Waals surface area contributed by atoms with Gasteiger partial charge in [0.1, 0.15) is 30.6 Å². The number of esters is 2. The largest absolute Gasteiger partial charge is 0.464 e. The van der Waals surface area contributed by atoms with Crippen LogP contribution in [0.15, 0.2) is 36.0 Å². The summed E-state index contributed by atoms with van der Waals surface area (Å²) in [6.45, 7) is 17.2. The zero-order valence-corrected chi connectivity index (χ0v) is 39.4. The van der Waals surface area contributed by atoms with E-state index < -0.39 is 83.7 Å². The number of amides is 1. The van der Waals surface area contributed by atoms with Crippen LogP contribution in [0, 0.1) is 35.5 Å². The molecule has 0 aromatic rings. The highest BCUT2D eigenvalue weighted by atomic mass is 16.7. The van der Waals surface area contributed by atoms with E-state index in [1.54, 1.807) is 26.8 Å². The fraction of sp³-hybridized carbons (Fsp3) is 0.776. The van der Waals surface area contributed by atoms with Gasteiger partial charge in [0.2, 0.25) is 5.79 Å². The van der Waals surface area contributed by atoms with Gasteiger partial charge in [-0.1, -0.05) is 57.9 Å². The van der Waals surface area contributed by atoms with Crippen molar-refractivity contribution in [1.82, 2.24) is 4.90 Å². The number of fused-ring (bicyclic) bond motifs is 3. The highest BCUT2D eigenvalue weighted by molar-refractivity contribution is 6.39. The van der Waals surface area contributed by atoms with Crippen LogP contribution in [-0.4, -0.2) is 127 Å². The second kappa shape index (κ2) is 24.3. The summed E-state index contributed by atoms with van der Waals surface area (Å²) in [5.41, 5.74) is 1.65. The van der Waals surface area contributed by atoms with E-state index in [1.807, 2.05) is 26.8 Å². The molecule has 0 radical (unpaired) electrons. The number of Topliss-reactive ketones (excluding diaryl/α,β-unsaturated/α-hetero) is 2. The van der Waals surface area contributed by atoms with Crippen LogP contribution >= 0.6 is 0 Å². The molecule has 0 aromatic carbocycles. The van der Waals surface area contributed by atoms with Gasteiger partial charge in [0.25, 0.3) is 11.7 Å². The molecular weight excluding hydrogens is 811 g/mol. The Bertz CT molecular complexity index is 1640. The number of rotatable bonds is 11. The monoisotopic (exact) mass is 888 g/mol. The van der Waals surface area contributed by atoms with Crippen molar-refractivity contribution in [2.24, 2.45) is 35.5 Å². The summed E-state index contributed by atoms with van der Waals surface area (Å²) in [7, 11) is 3.06. The van der Waals surface area contributed by atoms with Crippen LogP contribution in [0.2, 0.25) is 0 Å². The van der Waals surface area contributed by atoms with E-state index in [0.717, 1.165) is 24.8 Å². The minimum Gasteiger partial charge on any atom is -0.464 e. The Kier molecular flexibility index (Phi) is 20.2. The van der Waals surface area contributed by atoms with Crippen LogP contribution in [0.5, 0.6) is 0 Å². The van der Waals surface area contributed by atoms with Gasteiger partial charge < -0.3 is 43.5 Å². The smallest absolute Gasteiger partial charge is 0.332 e. The SMILES string of the molecule is C=CC[C@@H]1/C=C(\C)C[C@H](C)C[C@H](OC)[C@H]2O[C@@](O)(C(=O)C(=O)N3CCCC[C@H]3C(=O)O[C@@H](/C(C)=C/[C@@H]3CC[C@@H](OCC(=O)OCC)C(CC)C3)[C@H](C)[C@@H](O)CC1=O)[C@H](C)C[C@@H]2OC. The topological polar surface area (TPSA) is 184 Å².